The predicted octanol–water partition coefficient (Wildman–Crippen LogP) is 2.81. The van der Waals surface area contributed by atoms with Gasteiger partial charge >= 0.3 is 5.97 Å². The Morgan fingerprint density at radius 1 is 1.45 bits per heavy atom. The van der Waals surface area contributed by atoms with Crippen molar-refractivity contribution in [3.05, 3.63) is 23.8 Å². The first-order valence-electron chi connectivity index (χ1n) is 6.81. The summed E-state index contributed by atoms with van der Waals surface area (Å²) in [6, 6.07) is 0. The van der Waals surface area contributed by atoms with E-state index in [1.54, 1.807) is 13.0 Å². The SMILES string of the molecule is C=C(C)C(=O)OCCCO.CC1=CC(=O)CC(C)(C)C1. The van der Waals surface area contributed by atoms with Gasteiger partial charge in [0.05, 0.1) is 6.61 Å². The monoisotopic (exact) mass is 282 g/mol. The number of carbonyl (C=O) groups is 2. The number of hydrogen-bond donors (Lipinski definition) is 1. The minimum absolute atomic E-state index is 0.0451. The quantitative estimate of drug-likeness (QED) is 0.489. The smallest absolute Gasteiger partial charge is 0.333 e. The molecule has 0 aromatic carbocycles. The van der Waals surface area contributed by atoms with Crippen molar-refractivity contribution in [3.8, 4) is 0 Å². The maximum Gasteiger partial charge on any atom is 0.333 e. The molecule has 0 saturated heterocycles. The summed E-state index contributed by atoms with van der Waals surface area (Å²) in [5.41, 5.74) is 1.81. The second kappa shape index (κ2) is 8.69. The Labute approximate surface area is 121 Å². The molecule has 4 nitrogen and oxygen atoms in total. The van der Waals surface area contributed by atoms with Gasteiger partial charge < -0.3 is 9.84 Å². The van der Waals surface area contributed by atoms with Crippen LogP contribution in [0.3, 0.4) is 0 Å². The molecule has 0 aromatic heterocycles. The second-order valence-corrected chi connectivity index (χ2v) is 5.97. The molecule has 0 fully saturated rings. The molecule has 1 N–H and O–H groups in total. The van der Waals surface area contributed by atoms with Crippen LogP contribution >= 0.6 is 0 Å². The zero-order chi connectivity index (χ0) is 15.8. The molecule has 1 rings (SSSR count). The molecular formula is C16H26O4. The van der Waals surface area contributed by atoms with Gasteiger partial charge in [-0.2, -0.15) is 0 Å². The van der Waals surface area contributed by atoms with Crippen LogP contribution in [-0.2, 0) is 14.3 Å². The van der Waals surface area contributed by atoms with Gasteiger partial charge in [0.1, 0.15) is 0 Å². The summed E-state index contributed by atoms with van der Waals surface area (Å²) in [6.07, 6.45) is 4.04. The molecule has 0 amide bonds. The maximum absolute atomic E-state index is 11.0. The van der Waals surface area contributed by atoms with Crippen LogP contribution in [0.1, 0.15) is 47.0 Å². The van der Waals surface area contributed by atoms with Gasteiger partial charge in [0.2, 0.25) is 0 Å². The van der Waals surface area contributed by atoms with E-state index in [-0.39, 0.29) is 24.4 Å². The van der Waals surface area contributed by atoms with Gasteiger partial charge in [-0.15, -0.1) is 0 Å². The summed E-state index contributed by atoms with van der Waals surface area (Å²) < 4.78 is 4.65. The molecule has 1 aliphatic carbocycles. The highest BCUT2D eigenvalue weighted by Gasteiger charge is 2.25. The van der Waals surface area contributed by atoms with Crippen molar-refractivity contribution >= 4 is 11.8 Å². The summed E-state index contributed by atoms with van der Waals surface area (Å²) >= 11 is 0. The van der Waals surface area contributed by atoms with E-state index in [0.717, 1.165) is 6.42 Å². The number of ether oxygens (including phenoxy) is 1. The van der Waals surface area contributed by atoms with Crippen molar-refractivity contribution < 1.29 is 19.4 Å². The van der Waals surface area contributed by atoms with E-state index in [9.17, 15) is 9.59 Å². The second-order valence-electron chi connectivity index (χ2n) is 5.97. The van der Waals surface area contributed by atoms with Crippen LogP contribution in [0.5, 0.6) is 0 Å². The molecule has 114 valence electrons. The third-order valence-corrected chi connectivity index (χ3v) is 2.70. The zero-order valence-electron chi connectivity index (χ0n) is 13.0. The number of allylic oxidation sites excluding steroid dienone is 2. The average Bonchev–Trinajstić information content (AvgIpc) is 2.26. The summed E-state index contributed by atoms with van der Waals surface area (Å²) in [7, 11) is 0. The van der Waals surface area contributed by atoms with Crippen LogP contribution in [-0.4, -0.2) is 30.1 Å². The maximum atomic E-state index is 11.0. The normalized spacial score (nSPS) is 16.6. The number of carbonyl (C=O) groups excluding carboxylic acids is 2. The topological polar surface area (TPSA) is 63.6 Å². The van der Waals surface area contributed by atoms with E-state index in [1.165, 1.54) is 5.57 Å². The molecule has 0 bridgehead atoms. The number of aliphatic hydroxyl groups excluding tert-OH is 1. The van der Waals surface area contributed by atoms with Crippen molar-refractivity contribution in [2.24, 2.45) is 5.41 Å². The number of hydrogen-bond acceptors (Lipinski definition) is 4. The van der Waals surface area contributed by atoms with Gasteiger partial charge in [-0.3, -0.25) is 4.79 Å². The lowest BCUT2D eigenvalue weighted by Crippen LogP contribution is -2.20. The minimum atomic E-state index is -0.395. The predicted molar refractivity (Wildman–Crippen MR) is 79.3 cm³/mol. The lowest BCUT2D eigenvalue weighted by atomic mass is 9.77. The summed E-state index contributed by atoms with van der Waals surface area (Å²) in [5, 5.41) is 8.30. The molecule has 0 saturated carbocycles. The Morgan fingerprint density at radius 2 is 2.05 bits per heavy atom. The van der Waals surface area contributed by atoms with Crippen molar-refractivity contribution in [1.29, 1.82) is 0 Å². The number of ketones is 1. The highest BCUT2D eigenvalue weighted by molar-refractivity contribution is 5.91. The van der Waals surface area contributed by atoms with Crippen molar-refractivity contribution in [2.75, 3.05) is 13.2 Å². The molecule has 0 atom stereocenters. The van der Waals surface area contributed by atoms with Crippen molar-refractivity contribution in [1.82, 2.24) is 0 Å². The third kappa shape index (κ3) is 8.64. The number of rotatable bonds is 4. The Hall–Kier alpha value is -1.42. The van der Waals surface area contributed by atoms with Gasteiger partial charge in [-0.25, -0.2) is 4.79 Å². The lowest BCUT2D eigenvalue weighted by Gasteiger charge is -2.27. The third-order valence-electron chi connectivity index (χ3n) is 2.70. The largest absolute Gasteiger partial charge is 0.462 e. The van der Waals surface area contributed by atoms with E-state index >= 15 is 0 Å². The molecule has 0 heterocycles. The van der Waals surface area contributed by atoms with Gasteiger partial charge in [-0.05, 0) is 31.8 Å². The first-order chi connectivity index (χ1) is 9.18. The van der Waals surface area contributed by atoms with Gasteiger partial charge in [-0.1, -0.05) is 26.0 Å². The first kappa shape index (κ1) is 18.6. The van der Waals surface area contributed by atoms with Crippen molar-refractivity contribution in [2.45, 2.75) is 47.0 Å². The molecule has 1 aliphatic rings. The average molecular weight is 282 g/mol. The van der Waals surface area contributed by atoms with Crippen LogP contribution in [0.15, 0.2) is 23.8 Å². The van der Waals surface area contributed by atoms with Gasteiger partial charge in [0.15, 0.2) is 5.78 Å². The molecule has 0 radical (unpaired) electrons. The van der Waals surface area contributed by atoms with E-state index in [2.05, 4.69) is 25.2 Å². The van der Waals surface area contributed by atoms with Crippen LogP contribution in [0.4, 0.5) is 0 Å². The van der Waals surface area contributed by atoms with Crippen LogP contribution in [0.25, 0.3) is 0 Å². The number of aliphatic hydroxyl groups is 1. The van der Waals surface area contributed by atoms with E-state index < -0.39 is 5.97 Å². The van der Waals surface area contributed by atoms with Crippen molar-refractivity contribution in [3.63, 3.8) is 0 Å². The Balaban J connectivity index is 0.000000361. The summed E-state index contributed by atoms with van der Waals surface area (Å²) in [5.74, 6) is -0.109. The molecular weight excluding hydrogens is 256 g/mol. The first-order valence-corrected chi connectivity index (χ1v) is 6.81. The van der Waals surface area contributed by atoms with Gasteiger partial charge in [0.25, 0.3) is 0 Å². The standard InChI is InChI=1S/C9H14O.C7H12O3/c1-7-4-8(10)6-9(2,3)5-7;1-6(2)7(9)10-5-3-4-8/h4H,5-6H2,1-3H3;8H,1,3-5H2,2H3. The fourth-order valence-electron chi connectivity index (χ4n) is 2.02. The molecule has 0 spiro atoms. The highest BCUT2D eigenvalue weighted by atomic mass is 16.5. The molecule has 0 aromatic rings. The zero-order valence-corrected chi connectivity index (χ0v) is 13.0. The summed E-state index contributed by atoms with van der Waals surface area (Å²) in [6.45, 7) is 11.6. The van der Waals surface area contributed by atoms with Gasteiger partial charge in [0, 0.05) is 25.0 Å². The van der Waals surface area contributed by atoms with Crippen LogP contribution in [0, 0.1) is 5.41 Å². The molecule has 20 heavy (non-hydrogen) atoms. The van der Waals surface area contributed by atoms with Crippen LogP contribution in [0.2, 0.25) is 0 Å². The molecule has 0 unspecified atom stereocenters. The van der Waals surface area contributed by atoms with E-state index in [4.69, 9.17) is 5.11 Å². The lowest BCUT2D eigenvalue weighted by molar-refractivity contribution is -0.139. The number of esters is 1. The molecule has 0 aliphatic heterocycles. The molecule has 4 heteroatoms. The van der Waals surface area contributed by atoms with Crippen LogP contribution < -0.4 is 0 Å². The fraction of sp³-hybridized carbons (Fsp3) is 0.625. The fourth-order valence-corrected chi connectivity index (χ4v) is 2.02. The highest BCUT2D eigenvalue weighted by Crippen LogP contribution is 2.32. The summed E-state index contributed by atoms with van der Waals surface area (Å²) in [4.78, 5) is 21.6. The van der Waals surface area contributed by atoms with E-state index in [0.29, 0.717) is 18.4 Å². The Kier molecular flexibility index (Phi) is 8.07. The van der Waals surface area contributed by atoms with E-state index in [1.807, 2.05) is 6.92 Å². The Morgan fingerprint density at radius 3 is 2.45 bits per heavy atom. The minimum Gasteiger partial charge on any atom is -0.462 e. The Bertz CT molecular complexity index is 391.